The number of hydrogen-bond acceptors (Lipinski definition) is 6. The maximum Gasteiger partial charge on any atom is 0.416 e. The van der Waals surface area contributed by atoms with Crippen LogP contribution in [0.3, 0.4) is 0 Å². The van der Waals surface area contributed by atoms with Crippen molar-refractivity contribution in [3.05, 3.63) is 107 Å². The predicted octanol–water partition coefficient (Wildman–Crippen LogP) is 5.70. The lowest BCUT2D eigenvalue weighted by atomic mass is 9.92. The number of hydrogen-bond donors (Lipinski definition) is 2. The van der Waals surface area contributed by atoms with Gasteiger partial charge < -0.3 is 19.6 Å². The Morgan fingerprint density at radius 3 is 2.66 bits per heavy atom. The molecule has 5 aromatic rings. The average molecular weight is 572 g/mol. The van der Waals surface area contributed by atoms with Gasteiger partial charge in [0.15, 0.2) is 0 Å². The largest absolute Gasteiger partial charge is 0.493 e. The Balaban J connectivity index is 1.23. The zero-order valence-corrected chi connectivity index (χ0v) is 23.3. The molecule has 41 heavy (non-hydrogen) atoms. The van der Waals surface area contributed by atoms with E-state index in [1.807, 2.05) is 61.5 Å². The lowest BCUT2D eigenvalue weighted by molar-refractivity contribution is 0.118. The summed E-state index contributed by atoms with van der Waals surface area (Å²) in [6.07, 6.45) is 3.12. The van der Waals surface area contributed by atoms with Crippen molar-refractivity contribution in [3.8, 4) is 11.5 Å². The second kappa shape index (κ2) is 11.6. The van der Waals surface area contributed by atoms with Gasteiger partial charge in [-0.25, -0.2) is 9.78 Å². The molecule has 0 spiro atoms. The first-order valence-electron chi connectivity index (χ1n) is 13.5. The number of halogens is 1. The number of aliphatic hydroxyl groups excluding tert-OH is 1. The zero-order valence-electron chi connectivity index (χ0n) is 22.5. The summed E-state index contributed by atoms with van der Waals surface area (Å²) in [6.45, 7) is 3.19. The molecule has 210 valence electrons. The smallest absolute Gasteiger partial charge is 0.416 e. The molecule has 1 amide bonds. The SMILES string of the molecule is Cc1ccc(OC(=O)N2CCc3c([nH]c4ccc(Cl)cc34)C2c2ccc(OCCC(O)Cn3cncn3)cc2)cc1. The van der Waals surface area contributed by atoms with Gasteiger partial charge in [0.1, 0.15) is 30.2 Å². The minimum atomic E-state index is -0.597. The molecule has 9 nitrogen and oxygen atoms in total. The number of aryl methyl sites for hydroxylation is 1. The Labute approximate surface area is 242 Å². The van der Waals surface area contributed by atoms with Crippen LogP contribution in [0.1, 0.15) is 34.8 Å². The van der Waals surface area contributed by atoms with Crippen LogP contribution in [-0.4, -0.2) is 55.1 Å². The molecule has 2 atom stereocenters. The fraction of sp³-hybridized carbons (Fsp3) is 0.258. The van der Waals surface area contributed by atoms with Crippen molar-refractivity contribution in [2.75, 3.05) is 13.2 Å². The summed E-state index contributed by atoms with van der Waals surface area (Å²) in [5.74, 6) is 1.18. The maximum absolute atomic E-state index is 13.5. The van der Waals surface area contributed by atoms with Gasteiger partial charge in [0.05, 0.1) is 19.3 Å². The van der Waals surface area contributed by atoms with E-state index in [1.165, 1.54) is 6.33 Å². The summed E-state index contributed by atoms with van der Waals surface area (Å²) in [4.78, 5) is 22.7. The molecule has 3 aromatic carbocycles. The van der Waals surface area contributed by atoms with Gasteiger partial charge in [-0.1, -0.05) is 41.4 Å². The third-order valence-electron chi connectivity index (χ3n) is 7.33. The van der Waals surface area contributed by atoms with E-state index >= 15 is 0 Å². The third-order valence-corrected chi connectivity index (χ3v) is 7.56. The van der Waals surface area contributed by atoms with E-state index in [2.05, 4.69) is 15.1 Å². The monoisotopic (exact) mass is 571 g/mol. The van der Waals surface area contributed by atoms with Gasteiger partial charge in [-0.3, -0.25) is 9.58 Å². The van der Waals surface area contributed by atoms with Gasteiger partial charge in [0.2, 0.25) is 0 Å². The topological polar surface area (TPSA) is 106 Å². The van der Waals surface area contributed by atoms with E-state index in [4.69, 9.17) is 21.1 Å². The van der Waals surface area contributed by atoms with Gasteiger partial charge in [-0.2, -0.15) is 5.10 Å². The van der Waals surface area contributed by atoms with Crippen LogP contribution >= 0.6 is 11.6 Å². The number of aromatic nitrogens is 4. The highest BCUT2D eigenvalue weighted by Gasteiger charge is 2.35. The predicted molar refractivity (Wildman–Crippen MR) is 155 cm³/mol. The highest BCUT2D eigenvalue weighted by Crippen LogP contribution is 2.40. The molecule has 1 aliphatic rings. The molecule has 6 rings (SSSR count). The van der Waals surface area contributed by atoms with Crippen molar-refractivity contribution in [2.24, 2.45) is 0 Å². The number of aromatic amines is 1. The van der Waals surface area contributed by atoms with Crippen molar-refractivity contribution in [1.29, 1.82) is 0 Å². The van der Waals surface area contributed by atoms with Crippen LogP contribution in [0.2, 0.25) is 5.02 Å². The summed E-state index contributed by atoms with van der Waals surface area (Å²) in [7, 11) is 0. The van der Waals surface area contributed by atoms with Crippen molar-refractivity contribution >= 4 is 28.6 Å². The van der Waals surface area contributed by atoms with Crippen molar-refractivity contribution in [1.82, 2.24) is 24.6 Å². The van der Waals surface area contributed by atoms with E-state index in [0.29, 0.717) is 49.1 Å². The minimum Gasteiger partial charge on any atom is -0.493 e. The lowest BCUT2D eigenvalue weighted by Crippen LogP contribution is -2.42. The standard InChI is InChI=1S/C31H30ClN5O4/c1-20-2-7-25(8-3-20)41-31(39)37-14-12-26-27-16-22(32)6-11-28(27)35-29(26)30(37)21-4-9-24(10-5-21)40-15-13-23(38)17-36-19-33-18-34-36/h2-11,16,18-19,23,30,35,38H,12-15,17H2,1H3. The third kappa shape index (κ3) is 5.91. The number of H-pyrrole nitrogens is 1. The first-order chi connectivity index (χ1) is 19.9. The number of nitrogens with one attached hydrogen (secondary N) is 1. The van der Waals surface area contributed by atoms with Gasteiger partial charge >= 0.3 is 6.09 Å². The van der Waals surface area contributed by atoms with Crippen LogP contribution in [0.25, 0.3) is 10.9 Å². The molecule has 0 radical (unpaired) electrons. The van der Waals surface area contributed by atoms with E-state index in [0.717, 1.165) is 33.3 Å². The molecule has 0 saturated heterocycles. The molecule has 1 aliphatic heterocycles. The fourth-order valence-corrected chi connectivity index (χ4v) is 5.44. The normalized spacial score (nSPS) is 15.5. The molecule has 0 fully saturated rings. The molecule has 10 heteroatoms. The number of fused-ring (bicyclic) bond motifs is 3. The van der Waals surface area contributed by atoms with Gasteiger partial charge in [-0.15, -0.1) is 0 Å². The number of carbonyl (C=O) groups is 1. The van der Waals surface area contributed by atoms with Gasteiger partial charge in [0, 0.05) is 34.6 Å². The number of benzene rings is 3. The average Bonchev–Trinajstić information content (AvgIpc) is 3.61. The number of ether oxygens (including phenoxy) is 2. The molecular weight excluding hydrogens is 542 g/mol. The molecule has 3 heterocycles. The molecule has 2 unspecified atom stereocenters. The first kappa shape index (κ1) is 26.9. The van der Waals surface area contributed by atoms with E-state index < -0.39 is 12.2 Å². The Kier molecular flexibility index (Phi) is 7.63. The van der Waals surface area contributed by atoms with Gasteiger partial charge in [-0.05, 0) is 66.9 Å². The summed E-state index contributed by atoms with van der Waals surface area (Å²) >= 11 is 6.33. The minimum absolute atomic E-state index is 0.348. The van der Waals surface area contributed by atoms with Crippen LogP contribution < -0.4 is 9.47 Å². The van der Waals surface area contributed by atoms with Crippen LogP contribution in [0.5, 0.6) is 11.5 Å². The number of nitrogens with zero attached hydrogens (tertiary/aromatic N) is 4. The molecular formula is C31H30ClN5O4. The lowest BCUT2D eigenvalue weighted by Gasteiger charge is -2.35. The number of rotatable bonds is 8. The van der Waals surface area contributed by atoms with Crippen LogP contribution in [0.4, 0.5) is 4.79 Å². The Hall–Kier alpha value is -4.34. The van der Waals surface area contributed by atoms with Crippen molar-refractivity contribution < 1.29 is 19.4 Å². The highest BCUT2D eigenvalue weighted by atomic mass is 35.5. The van der Waals surface area contributed by atoms with Crippen LogP contribution in [-0.2, 0) is 13.0 Å². The first-order valence-corrected chi connectivity index (χ1v) is 13.9. The number of carbonyl (C=O) groups excluding carboxylic acids is 1. The summed E-state index contributed by atoms with van der Waals surface area (Å²) < 4.78 is 13.3. The van der Waals surface area contributed by atoms with Crippen LogP contribution in [0, 0.1) is 6.92 Å². The van der Waals surface area contributed by atoms with Gasteiger partial charge in [0.25, 0.3) is 0 Å². The fourth-order valence-electron chi connectivity index (χ4n) is 5.26. The summed E-state index contributed by atoms with van der Waals surface area (Å²) in [5, 5.41) is 16.0. The molecule has 0 bridgehead atoms. The van der Waals surface area contributed by atoms with E-state index in [9.17, 15) is 9.90 Å². The second-order valence-corrected chi connectivity index (χ2v) is 10.6. The molecule has 0 saturated carbocycles. The summed E-state index contributed by atoms with van der Waals surface area (Å²) in [5.41, 5.74) is 5.08. The second-order valence-electron chi connectivity index (χ2n) is 10.2. The molecule has 2 N–H and O–H groups in total. The molecule has 0 aliphatic carbocycles. The van der Waals surface area contributed by atoms with Crippen molar-refractivity contribution in [2.45, 2.75) is 38.5 Å². The Morgan fingerprint density at radius 1 is 1.12 bits per heavy atom. The molecule has 2 aromatic heterocycles. The van der Waals surface area contributed by atoms with E-state index in [1.54, 1.807) is 28.0 Å². The quantitative estimate of drug-likeness (QED) is 0.248. The van der Waals surface area contributed by atoms with Crippen LogP contribution in [0.15, 0.2) is 79.4 Å². The zero-order chi connectivity index (χ0) is 28.3. The van der Waals surface area contributed by atoms with Crippen molar-refractivity contribution in [3.63, 3.8) is 0 Å². The highest BCUT2D eigenvalue weighted by molar-refractivity contribution is 6.31. The summed E-state index contributed by atoms with van der Waals surface area (Å²) in [6, 6.07) is 20.6. The van der Waals surface area contributed by atoms with E-state index in [-0.39, 0.29) is 6.04 Å². The Bertz CT molecular complexity index is 1630. The maximum atomic E-state index is 13.5. The number of amides is 1. The number of aliphatic hydroxyl groups is 1. The Morgan fingerprint density at radius 2 is 1.90 bits per heavy atom.